The Morgan fingerprint density at radius 1 is 1.36 bits per heavy atom. The van der Waals surface area contributed by atoms with Gasteiger partial charge in [-0.25, -0.2) is 0 Å². The fourth-order valence-corrected chi connectivity index (χ4v) is 1.73. The lowest BCUT2D eigenvalue weighted by molar-refractivity contribution is 0.436. The lowest BCUT2D eigenvalue weighted by atomic mass is 10.0. The molecule has 0 rings (SSSR count). The second-order valence-corrected chi connectivity index (χ2v) is 4.38. The molecule has 0 aliphatic rings. The summed E-state index contributed by atoms with van der Waals surface area (Å²) in [5.41, 5.74) is 0. The van der Waals surface area contributed by atoms with Crippen molar-refractivity contribution < 1.29 is 0 Å². The molecule has 0 spiro atoms. The van der Waals surface area contributed by atoms with Crippen LogP contribution in [-0.4, -0.2) is 25.1 Å². The van der Waals surface area contributed by atoms with E-state index in [0.29, 0.717) is 0 Å². The summed E-state index contributed by atoms with van der Waals surface area (Å²) >= 11 is 1.93. The van der Waals surface area contributed by atoms with Gasteiger partial charge in [0.05, 0.1) is 0 Å². The van der Waals surface area contributed by atoms with Crippen LogP contribution in [0.1, 0.15) is 26.7 Å². The second kappa shape index (κ2) is 6.99. The third kappa shape index (κ3) is 6.70. The molecular weight excluding hydrogens is 154 g/mol. The molecule has 0 amide bonds. The van der Waals surface area contributed by atoms with Crippen molar-refractivity contribution in [2.24, 2.45) is 5.92 Å². The van der Waals surface area contributed by atoms with Crippen LogP contribution in [-0.2, 0) is 0 Å². The van der Waals surface area contributed by atoms with Gasteiger partial charge in [-0.1, -0.05) is 13.8 Å². The second-order valence-electron chi connectivity index (χ2n) is 3.40. The minimum Gasteiger partial charge on any atom is -0.317 e. The average molecular weight is 175 g/mol. The molecule has 0 aromatic heterocycles. The molecule has 1 atom stereocenters. The Kier molecular flexibility index (Phi) is 7.18. The normalized spacial score (nSPS) is 13.9. The molecule has 0 fully saturated rings. The highest BCUT2D eigenvalue weighted by Crippen LogP contribution is 2.09. The molecule has 0 saturated heterocycles. The van der Waals surface area contributed by atoms with E-state index in [1.807, 2.05) is 11.8 Å². The highest BCUT2D eigenvalue weighted by Gasteiger charge is 2.06. The lowest BCUT2D eigenvalue weighted by Gasteiger charge is -2.17. The van der Waals surface area contributed by atoms with Crippen LogP contribution in [0.5, 0.6) is 0 Å². The first kappa shape index (κ1) is 11.3. The van der Waals surface area contributed by atoms with Crippen molar-refractivity contribution in [2.45, 2.75) is 32.7 Å². The molecule has 1 unspecified atom stereocenters. The Balaban J connectivity index is 3.41. The molecule has 0 heterocycles. The summed E-state index contributed by atoms with van der Waals surface area (Å²) in [5.74, 6) is 2.09. The third-order valence-corrected chi connectivity index (χ3v) is 2.48. The van der Waals surface area contributed by atoms with Gasteiger partial charge in [0.2, 0.25) is 0 Å². The largest absolute Gasteiger partial charge is 0.317 e. The van der Waals surface area contributed by atoms with E-state index in [1.54, 1.807) is 0 Å². The zero-order chi connectivity index (χ0) is 8.69. The van der Waals surface area contributed by atoms with Crippen LogP contribution >= 0.6 is 11.8 Å². The maximum atomic E-state index is 3.35. The molecule has 0 aromatic rings. The molecule has 1 N–H and O–H groups in total. The highest BCUT2D eigenvalue weighted by atomic mass is 32.2. The molecule has 1 nitrogen and oxygen atoms in total. The smallest absolute Gasteiger partial charge is 0.00743 e. The fourth-order valence-electron chi connectivity index (χ4n) is 1.21. The number of hydrogen-bond donors (Lipinski definition) is 1. The first-order chi connectivity index (χ1) is 5.20. The average Bonchev–Trinajstić information content (AvgIpc) is 1.97. The van der Waals surface area contributed by atoms with Gasteiger partial charge < -0.3 is 5.32 Å². The number of rotatable bonds is 6. The summed E-state index contributed by atoms with van der Waals surface area (Å²) in [6.07, 6.45) is 4.77. The maximum absolute atomic E-state index is 3.35. The standard InChI is InChI=1S/C9H21NS/c1-8(2)7-9(10-3)5-6-11-4/h8-10H,5-7H2,1-4H3. The summed E-state index contributed by atoms with van der Waals surface area (Å²) in [6.45, 7) is 4.56. The molecule has 0 aromatic carbocycles. The number of thioether (sulfide) groups is 1. The molecule has 0 radical (unpaired) electrons. The Hall–Kier alpha value is 0.310. The van der Waals surface area contributed by atoms with Crippen LogP contribution in [0.2, 0.25) is 0 Å². The minimum atomic E-state index is 0.724. The van der Waals surface area contributed by atoms with Crippen LogP contribution in [0.15, 0.2) is 0 Å². The topological polar surface area (TPSA) is 12.0 Å². The predicted octanol–water partition coefficient (Wildman–Crippen LogP) is 2.37. The molecule has 0 bridgehead atoms. The number of hydrogen-bond acceptors (Lipinski definition) is 2. The fraction of sp³-hybridized carbons (Fsp3) is 1.00. The van der Waals surface area contributed by atoms with Gasteiger partial charge in [0.1, 0.15) is 0 Å². The van der Waals surface area contributed by atoms with E-state index >= 15 is 0 Å². The van der Waals surface area contributed by atoms with E-state index in [1.165, 1.54) is 18.6 Å². The quantitative estimate of drug-likeness (QED) is 0.665. The molecule has 0 aliphatic carbocycles. The van der Waals surface area contributed by atoms with E-state index in [2.05, 4.69) is 32.5 Å². The summed E-state index contributed by atoms with van der Waals surface area (Å²) in [5, 5.41) is 3.35. The number of nitrogens with one attached hydrogen (secondary N) is 1. The SMILES string of the molecule is CNC(CCSC)CC(C)C. The van der Waals surface area contributed by atoms with Crippen molar-refractivity contribution in [1.29, 1.82) is 0 Å². The molecule has 0 aliphatic heterocycles. The zero-order valence-corrected chi connectivity index (χ0v) is 9.00. The maximum Gasteiger partial charge on any atom is 0.00743 e. The van der Waals surface area contributed by atoms with Gasteiger partial charge in [0, 0.05) is 6.04 Å². The van der Waals surface area contributed by atoms with Gasteiger partial charge in [-0.05, 0) is 37.8 Å². The van der Waals surface area contributed by atoms with Gasteiger partial charge in [-0.2, -0.15) is 11.8 Å². The monoisotopic (exact) mass is 175 g/mol. The minimum absolute atomic E-state index is 0.724. The van der Waals surface area contributed by atoms with Crippen LogP contribution in [0.25, 0.3) is 0 Å². The molecule has 11 heavy (non-hydrogen) atoms. The van der Waals surface area contributed by atoms with Crippen LogP contribution in [0, 0.1) is 5.92 Å². The summed E-state index contributed by atoms with van der Waals surface area (Å²) in [6, 6.07) is 0.724. The van der Waals surface area contributed by atoms with Gasteiger partial charge in [0.25, 0.3) is 0 Å². The van der Waals surface area contributed by atoms with E-state index in [4.69, 9.17) is 0 Å². The van der Waals surface area contributed by atoms with Crippen LogP contribution in [0.4, 0.5) is 0 Å². The van der Waals surface area contributed by atoms with Crippen molar-refractivity contribution in [2.75, 3.05) is 19.1 Å². The van der Waals surface area contributed by atoms with Crippen molar-refractivity contribution in [3.63, 3.8) is 0 Å². The van der Waals surface area contributed by atoms with Gasteiger partial charge in [-0.15, -0.1) is 0 Å². The zero-order valence-electron chi connectivity index (χ0n) is 8.18. The Labute approximate surface area is 75.3 Å². The Bertz CT molecular complexity index is 83.6. The Morgan fingerprint density at radius 2 is 2.00 bits per heavy atom. The van der Waals surface area contributed by atoms with Gasteiger partial charge in [-0.3, -0.25) is 0 Å². The third-order valence-electron chi connectivity index (χ3n) is 1.83. The van der Waals surface area contributed by atoms with Crippen molar-refractivity contribution in [3.8, 4) is 0 Å². The lowest BCUT2D eigenvalue weighted by Crippen LogP contribution is -2.27. The van der Waals surface area contributed by atoms with Crippen LogP contribution < -0.4 is 5.32 Å². The first-order valence-corrected chi connectivity index (χ1v) is 5.76. The van der Waals surface area contributed by atoms with Crippen molar-refractivity contribution >= 4 is 11.8 Å². The molecular formula is C9H21NS. The van der Waals surface area contributed by atoms with E-state index in [9.17, 15) is 0 Å². The summed E-state index contributed by atoms with van der Waals surface area (Å²) in [7, 11) is 2.06. The Morgan fingerprint density at radius 3 is 2.36 bits per heavy atom. The summed E-state index contributed by atoms with van der Waals surface area (Å²) in [4.78, 5) is 0. The highest BCUT2D eigenvalue weighted by molar-refractivity contribution is 7.98. The van der Waals surface area contributed by atoms with Gasteiger partial charge in [0.15, 0.2) is 0 Å². The summed E-state index contributed by atoms with van der Waals surface area (Å²) < 4.78 is 0. The van der Waals surface area contributed by atoms with E-state index in [-0.39, 0.29) is 0 Å². The van der Waals surface area contributed by atoms with Crippen LogP contribution in [0.3, 0.4) is 0 Å². The molecule has 0 saturated carbocycles. The van der Waals surface area contributed by atoms with Crippen molar-refractivity contribution in [3.05, 3.63) is 0 Å². The molecule has 68 valence electrons. The van der Waals surface area contributed by atoms with E-state index < -0.39 is 0 Å². The first-order valence-electron chi connectivity index (χ1n) is 4.37. The molecule has 2 heteroatoms. The van der Waals surface area contributed by atoms with Crippen molar-refractivity contribution in [1.82, 2.24) is 5.32 Å². The van der Waals surface area contributed by atoms with Gasteiger partial charge >= 0.3 is 0 Å². The van der Waals surface area contributed by atoms with E-state index in [0.717, 1.165) is 12.0 Å². The predicted molar refractivity (Wildman–Crippen MR) is 55.3 cm³/mol.